The van der Waals surface area contributed by atoms with E-state index in [9.17, 15) is 5.11 Å². The van der Waals surface area contributed by atoms with Crippen molar-refractivity contribution >= 4 is 0 Å². The smallest absolute Gasteiger partial charge is 0.0897 e. The van der Waals surface area contributed by atoms with Gasteiger partial charge in [-0.1, -0.05) is 56.9 Å². The summed E-state index contributed by atoms with van der Waals surface area (Å²) in [5, 5.41) is 18.1. The van der Waals surface area contributed by atoms with E-state index in [2.05, 4.69) is 13.0 Å². The molecule has 0 amide bonds. The minimum absolute atomic E-state index is 0.202. The third-order valence-corrected chi connectivity index (χ3v) is 2.68. The van der Waals surface area contributed by atoms with E-state index in [4.69, 9.17) is 10.8 Å². The lowest BCUT2D eigenvalue weighted by molar-refractivity contribution is 0.144. The Kier molecular flexibility index (Phi) is 11.4. The molecule has 0 bridgehead atoms. The fraction of sp³-hybridized carbons (Fsp3) is 0.714. The first kappa shape index (κ1) is 16.4. The van der Waals surface area contributed by atoms with Crippen molar-refractivity contribution in [2.24, 2.45) is 5.73 Å². The van der Waals surface area contributed by atoms with Crippen molar-refractivity contribution in [1.29, 1.82) is 0 Å². The summed E-state index contributed by atoms with van der Waals surface area (Å²) < 4.78 is 0. The monoisotopic (exact) mass is 241 g/mol. The van der Waals surface area contributed by atoms with Crippen LogP contribution >= 0.6 is 0 Å². The minimum atomic E-state index is -0.769. The number of nitrogens with two attached hydrogens (primary N) is 1. The summed E-state index contributed by atoms with van der Waals surface area (Å²) in [6.07, 6.45) is 14.2. The van der Waals surface area contributed by atoms with Crippen molar-refractivity contribution in [2.75, 3.05) is 6.61 Å². The molecule has 4 N–H and O–H groups in total. The predicted molar refractivity (Wildman–Crippen MR) is 72.7 cm³/mol. The first-order valence-corrected chi connectivity index (χ1v) is 6.60. The van der Waals surface area contributed by atoms with Crippen molar-refractivity contribution in [3.8, 4) is 0 Å². The highest BCUT2D eigenvalue weighted by atomic mass is 16.3. The zero-order valence-electron chi connectivity index (χ0n) is 10.9. The maximum atomic E-state index is 9.41. The number of allylic oxidation sites excluding steroid dienone is 3. The quantitative estimate of drug-likeness (QED) is 0.405. The van der Waals surface area contributed by atoms with Crippen LogP contribution in [0.25, 0.3) is 0 Å². The SMILES string of the molecule is CCCCCCCC=CC=CC(O)C(N)CO. The van der Waals surface area contributed by atoms with Gasteiger partial charge in [0.15, 0.2) is 0 Å². The Morgan fingerprint density at radius 3 is 2.47 bits per heavy atom. The zero-order chi connectivity index (χ0) is 12.9. The van der Waals surface area contributed by atoms with Gasteiger partial charge in [-0.2, -0.15) is 0 Å². The van der Waals surface area contributed by atoms with E-state index in [1.54, 1.807) is 12.2 Å². The molecule has 0 saturated heterocycles. The van der Waals surface area contributed by atoms with E-state index < -0.39 is 12.1 Å². The van der Waals surface area contributed by atoms with Gasteiger partial charge in [-0.15, -0.1) is 0 Å². The topological polar surface area (TPSA) is 66.5 Å². The molecule has 0 heterocycles. The summed E-state index contributed by atoms with van der Waals surface area (Å²) in [6.45, 7) is 2.01. The Bertz CT molecular complexity index is 214. The molecule has 0 aliphatic rings. The molecule has 3 nitrogen and oxygen atoms in total. The van der Waals surface area contributed by atoms with Crippen molar-refractivity contribution in [1.82, 2.24) is 0 Å². The third kappa shape index (κ3) is 10.2. The highest BCUT2D eigenvalue weighted by Gasteiger charge is 2.08. The second-order valence-electron chi connectivity index (χ2n) is 4.35. The van der Waals surface area contributed by atoms with Gasteiger partial charge >= 0.3 is 0 Å². The molecule has 0 radical (unpaired) electrons. The van der Waals surface area contributed by atoms with Gasteiger partial charge < -0.3 is 15.9 Å². The molecule has 0 aliphatic heterocycles. The van der Waals surface area contributed by atoms with E-state index in [0.717, 1.165) is 6.42 Å². The summed E-state index contributed by atoms with van der Waals surface area (Å²) in [5.74, 6) is 0. The molecule has 0 rings (SSSR count). The standard InChI is InChI=1S/C14H27NO2/c1-2-3-4-5-6-7-8-9-10-11-14(17)13(15)12-16/h8-11,13-14,16-17H,2-7,12,15H2,1H3. The average molecular weight is 241 g/mol. The average Bonchev–Trinajstić information content (AvgIpc) is 2.35. The molecule has 0 spiro atoms. The van der Waals surface area contributed by atoms with Gasteiger partial charge in [0.2, 0.25) is 0 Å². The first-order valence-electron chi connectivity index (χ1n) is 6.60. The molecule has 100 valence electrons. The van der Waals surface area contributed by atoms with Gasteiger partial charge in [-0.25, -0.2) is 0 Å². The molecule has 0 aromatic carbocycles. The summed E-state index contributed by atoms with van der Waals surface area (Å²) in [5.41, 5.74) is 5.45. The van der Waals surface area contributed by atoms with Crippen LogP contribution in [0, 0.1) is 0 Å². The lowest BCUT2D eigenvalue weighted by Crippen LogP contribution is -2.36. The van der Waals surface area contributed by atoms with Gasteiger partial charge in [-0.05, 0) is 12.8 Å². The Morgan fingerprint density at radius 2 is 1.82 bits per heavy atom. The van der Waals surface area contributed by atoms with Crippen LogP contribution in [0.1, 0.15) is 45.4 Å². The number of rotatable bonds is 10. The van der Waals surface area contributed by atoms with Crippen LogP contribution < -0.4 is 5.73 Å². The van der Waals surface area contributed by atoms with Gasteiger partial charge in [0.25, 0.3) is 0 Å². The van der Waals surface area contributed by atoms with E-state index in [1.807, 2.05) is 6.08 Å². The van der Waals surface area contributed by atoms with Crippen LogP contribution in [0.2, 0.25) is 0 Å². The number of unbranched alkanes of at least 4 members (excludes halogenated alkanes) is 5. The molecule has 2 unspecified atom stereocenters. The Labute approximate surface area is 105 Å². The largest absolute Gasteiger partial charge is 0.395 e. The molecule has 3 heteroatoms. The highest BCUT2D eigenvalue weighted by Crippen LogP contribution is 2.05. The number of aliphatic hydroxyl groups is 2. The molecule has 17 heavy (non-hydrogen) atoms. The molecule has 0 aliphatic carbocycles. The second-order valence-corrected chi connectivity index (χ2v) is 4.35. The number of hydrogen-bond acceptors (Lipinski definition) is 3. The maximum Gasteiger partial charge on any atom is 0.0897 e. The maximum absolute atomic E-state index is 9.41. The van der Waals surface area contributed by atoms with Gasteiger partial charge in [0, 0.05) is 0 Å². The van der Waals surface area contributed by atoms with E-state index >= 15 is 0 Å². The zero-order valence-corrected chi connectivity index (χ0v) is 10.9. The lowest BCUT2D eigenvalue weighted by Gasteiger charge is -2.11. The highest BCUT2D eigenvalue weighted by molar-refractivity contribution is 5.06. The fourth-order valence-corrected chi connectivity index (χ4v) is 1.47. The van der Waals surface area contributed by atoms with Gasteiger partial charge in [0.1, 0.15) is 0 Å². The summed E-state index contributed by atoms with van der Waals surface area (Å²) in [7, 11) is 0. The van der Waals surface area contributed by atoms with Crippen LogP contribution in [0.4, 0.5) is 0 Å². The molecular formula is C14H27NO2. The van der Waals surface area contributed by atoms with Crippen molar-refractivity contribution < 1.29 is 10.2 Å². The summed E-state index contributed by atoms with van der Waals surface area (Å²) >= 11 is 0. The first-order chi connectivity index (χ1) is 8.22. The molecule has 0 aromatic rings. The van der Waals surface area contributed by atoms with Gasteiger partial charge in [-0.3, -0.25) is 0 Å². The Morgan fingerprint density at radius 1 is 1.12 bits per heavy atom. The molecule has 0 saturated carbocycles. The van der Waals surface area contributed by atoms with Crippen LogP contribution in [-0.4, -0.2) is 29.0 Å². The minimum Gasteiger partial charge on any atom is -0.395 e. The van der Waals surface area contributed by atoms with Crippen molar-refractivity contribution in [3.05, 3.63) is 24.3 Å². The molecular weight excluding hydrogens is 214 g/mol. The number of aliphatic hydroxyl groups excluding tert-OH is 2. The van der Waals surface area contributed by atoms with Crippen LogP contribution in [0.3, 0.4) is 0 Å². The molecule has 2 atom stereocenters. The van der Waals surface area contributed by atoms with Crippen LogP contribution in [0.15, 0.2) is 24.3 Å². The molecule has 0 fully saturated rings. The normalized spacial score (nSPS) is 15.8. The third-order valence-electron chi connectivity index (χ3n) is 2.68. The Hall–Kier alpha value is -0.640. The van der Waals surface area contributed by atoms with E-state index in [-0.39, 0.29) is 6.61 Å². The summed E-state index contributed by atoms with van der Waals surface area (Å²) in [4.78, 5) is 0. The van der Waals surface area contributed by atoms with Crippen LogP contribution in [0.5, 0.6) is 0 Å². The Balaban J connectivity index is 3.49. The fourth-order valence-electron chi connectivity index (χ4n) is 1.47. The van der Waals surface area contributed by atoms with Crippen molar-refractivity contribution in [3.63, 3.8) is 0 Å². The van der Waals surface area contributed by atoms with Crippen molar-refractivity contribution in [2.45, 2.75) is 57.6 Å². The second kappa shape index (κ2) is 11.8. The lowest BCUT2D eigenvalue weighted by atomic mass is 10.1. The summed E-state index contributed by atoms with van der Waals surface area (Å²) in [6, 6.07) is -0.589. The molecule has 0 aromatic heterocycles. The van der Waals surface area contributed by atoms with E-state index in [1.165, 1.54) is 32.1 Å². The van der Waals surface area contributed by atoms with E-state index in [0.29, 0.717) is 0 Å². The van der Waals surface area contributed by atoms with Gasteiger partial charge in [0.05, 0.1) is 18.8 Å². The van der Waals surface area contributed by atoms with Crippen LogP contribution in [-0.2, 0) is 0 Å². The number of hydrogen-bond donors (Lipinski definition) is 3. The predicted octanol–water partition coefficient (Wildman–Crippen LogP) is 2.14.